The van der Waals surface area contributed by atoms with E-state index in [9.17, 15) is 8.42 Å². The molecule has 0 unspecified atom stereocenters. The van der Waals surface area contributed by atoms with Crippen molar-refractivity contribution in [1.29, 1.82) is 0 Å². The summed E-state index contributed by atoms with van der Waals surface area (Å²) in [7, 11) is -2.34. The maximum absolute atomic E-state index is 13.4. The molecular formula is C20H17Cl2NO3S. The van der Waals surface area contributed by atoms with Crippen LogP contribution in [0.2, 0.25) is 10.0 Å². The van der Waals surface area contributed by atoms with Crippen LogP contribution in [0.3, 0.4) is 0 Å². The first-order valence-corrected chi connectivity index (χ1v) is 10.3. The standard InChI is InChI=1S/C20H17Cl2NO3S/c1-26-18-11-9-17(10-12-18)23(14-15-5-4-6-16(21)13-15)27(24,25)20-8-3-2-7-19(20)22/h2-13H,14H2,1H3. The highest BCUT2D eigenvalue weighted by molar-refractivity contribution is 7.93. The maximum Gasteiger partial charge on any atom is 0.266 e. The highest BCUT2D eigenvalue weighted by Gasteiger charge is 2.27. The van der Waals surface area contributed by atoms with Gasteiger partial charge in [0, 0.05) is 5.02 Å². The molecule has 0 bridgehead atoms. The highest BCUT2D eigenvalue weighted by Crippen LogP contribution is 2.31. The van der Waals surface area contributed by atoms with E-state index in [-0.39, 0.29) is 16.5 Å². The second-order valence-corrected chi connectivity index (χ2v) is 8.44. The summed E-state index contributed by atoms with van der Waals surface area (Å²) in [5.74, 6) is 0.636. The van der Waals surface area contributed by atoms with Crippen molar-refractivity contribution in [3.63, 3.8) is 0 Å². The summed E-state index contributed by atoms with van der Waals surface area (Å²) in [6.07, 6.45) is 0. The molecule has 0 heterocycles. The van der Waals surface area contributed by atoms with Crippen LogP contribution in [-0.4, -0.2) is 15.5 Å². The van der Waals surface area contributed by atoms with Gasteiger partial charge in [-0.05, 0) is 54.1 Å². The van der Waals surface area contributed by atoms with Gasteiger partial charge in [-0.2, -0.15) is 0 Å². The van der Waals surface area contributed by atoms with Crippen LogP contribution >= 0.6 is 23.2 Å². The molecule has 3 aromatic carbocycles. The second-order valence-electron chi connectivity index (χ2n) is 5.77. The van der Waals surface area contributed by atoms with Gasteiger partial charge < -0.3 is 4.74 Å². The zero-order chi connectivity index (χ0) is 19.4. The molecule has 140 valence electrons. The Balaban J connectivity index is 2.10. The van der Waals surface area contributed by atoms with Crippen molar-refractivity contribution in [2.24, 2.45) is 0 Å². The van der Waals surface area contributed by atoms with Crippen LogP contribution in [0.1, 0.15) is 5.56 Å². The van der Waals surface area contributed by atoms with Gasteiger partial charge in [-0.1, -0.05) is 47.5 Å². The number of ether oxygens (including phenoxy) is 1. The first-order valence-electron chi connectivity index (χ1n) is 8.07. The van der Waals surface area contributed by atoms with Crippen LogP contribution in [0.15, 0.2) is 77.7 Å². The molecule has 0 radical (unpaired) electrons. The fraction of sp³-hybridized carbons (Fsp3) is 0.100. The molecule has 0 aromatic heterocycles. The fourth-order valence-electron chi connectivity index (χ4n) is 2.64. The van der Waals surface area contributed by atoms with Crippen LogP contribution in [-0.2, 0) is 16.6 Å². The second kappa shape index (κ2) is 8.21. The van der Waals surface area contributed by atoms with Crippen molar-refractivity contribution in [2.45, 2.75) is 11.4 Å². The number of hydrogen-bond donors (Lipinski definition) is 0. The monoisotopic (exact) mass is 421 g/mol. The van der Waals surface area contributed by atoms with E-state index < -0.39 is 10.0 Å². The average molecular weight is 422 g/mol. The first-order chi connectivity index (χ1) is 12.9. The van der Waals surface area contributed by atoms with Crippen molar-refractivity contribution in [3.05, 3.63) is 88.4 Å². The average Bonchev–Trinajstić information content (AvgIpc) is 2.66. The minimum atomic E-state index is -3.90. The molecular weight excluding hydrogens is 405 g/mol. The molecule has 0 saturated heterocycles. The van der Waals surface area contributed by atoms with Crippen molar-refractivity contribution < 1.29 is 13.2 Å². The summed E-state index contributed by atoms with van der Waals surface area (Å²) in [5.41, 5.74) is 1.25. The van der Waals surface area contributed by atoms with E-state index in [0.717, 1.165) is 5.56 Å². The Morgan fingerprint density at radius 3 is 2.26 bits per heavy atom. The summed E-state index contributed by atoms with van der Waals surface area (Å²) in [5, 5.41) is 0.708. The van der Waals surface area contributed by atoms with Crippen LogP contribution < -0.4 is 9.04 Å². The van der Waals surface area contributed by atoms with Crippen molar-refractivity contribution in [1.82, 2.24) is 0 Å². The summed E-state index contributed by atoms with van der Waals surface area (Å²) in [4.78, 5) is 0.0458. The molecule has 0 N–H and O–H groups in total. The van der Waals surface area contributed by atoms with Crippen LogP contribution in [0.25, 0.3) is 0 Å². The van der Waals surface area contributed by atoms with Gasteiger partial charge in [0.05, 0.1) is 24.4 Å². The van der Waals surface area contributed by atoms with Crippen molar-refractivity contribution in [2.75, 3.05) is 11.4 Å². The Bertz CT molecular complexity index is 1040. The lowest BCUT2D eigenvalue weighted by atomic mass is 10.2. The number of sulfonamides is 1. The van der Waals surface area contributed by atoms with Gasteiger partial charge in [0.2, 0.25) is 0 Å². The first kappa shape index (κ1) is 19.5. The van der Waals surface area contributed by atoms with E-state index in [1.807, 2.05) is 6.07 Å². The third-order valence-corrected chi connectivity index (χ3v) is 6.49. The Kier molecular flexibility index (Phi) is 5.95. The summed E-state index contributed by atoms with van der Waals surface area (Å²) < 4.78 is 33.2. The number of nitrogens with zero attached hydrogens (tertiary/aromatic N) is 1. The molecule has 0 amide bonds. The van der Waals surface area contributed by atoms with E-state index in [1.165, 1.54) is 10.4 Å². The largest absolute Gasteiger partial charge is 0.497 e. The molecule has 0 aliphatic heterocycles. The Morgan fingerprint density at radius 1 is 0.926 bits per heavy atom. The van der Waals surface area contributed by atoms with E-state index in [2.05, 4.69) is 0 Å². The van der Waals surface area contributed by atoms with Crippen LogP contribution in [0, 0.1) is 0 Å². The normalized spacial score (nSPS) is 11.2. The SMILES string of the molecule is COc1ccc(N(Cc2cccc(Cl)c2)S(=O)(=O)c2ccccc2Cl)cc1. The summed E-state index contributed by atoms with van der Waals surface area (Å²) in [6, 6.07) is 20.3. The summed E-state index contributed by atoms with van der Waals surface area (Å²) >= 11 is 12.2. The lowest BCUT2D eigenvalue weighted by Gasteiger charge is -2.25. The van der Waals surface area contributed by atoms with E-state index in [4.69, 9.17) is 27.9 Å². The van der Waals surface area contributed by atoms with E-state index in [0.29, 0.717) is 16.5 Å². The van der Waals surface area contributed by atoms with Gasteiger partial charge in [0.25, 0.3) is 10.0 Å². The quantitative estimate of drug-likeness (QED) is 0.535. The van der Waals surface area contributed by atoms with Crippen LogP contribution in [0.5, 0.6) is 5.75 Å². The molecule has 27 heavy (non-hydrogen) atoms. The molecule has 4 nitrogen and oxygen atoms in total. The Morgan fingerprint density at radius 2 is 1.63 bits per heavy atom. The van der Waals surface area contributed by atoms with Crippen LogP contribution in [0.4, 0.5) is 5.69 Å². The predicted molar refractivity (Wildman–Crippen MR) is 109 cm³/mol. The fourth-order valence-corrected chi connectivity index (χ4v) is 4.80. The molecule has 0 aliphatic carbocycles. The number of hydrogen-bond acceptors (Lipinski definition) is 3. The number of anilines is 1. The zero-order valence-corrected chi connectivity index (χ0v) is 16.8. The van der Waals surface area contributed by atoms with Gasteiger partial charge in [0.1, 0.15) is 10.6 Å². The third-order valence-electron chi connectivity index (χ3n) is 3.98. The number of methoxy groups -OCH3 is 1. The lowest BCUT2D eigenvalue weighted by molar-refractivity contribution is 0.415. The molecule has 3 rings (SSSR count). The lowest BCUT2D eigenvalue weighted by Crippen LogP contribution is -2.30. The smallest absolute Gasteiger partial charge is 0.266 e. The molecule has 0 spiro atoms. The van der Waals surface area contributed by atoms with Gasteiger partial charge in [-0.15, -0.1) is 0 Å². The molecule has 7 heteroatoms. The molecule has 0 saturated carbocycles. The molecule has 0 fully saturated rings. The van der Waals surface area contributed by atoms with Crippen molar-refractivity contribution in [3.8, 4) is 5.75 Å². The Labute approximate surface area is 169 Å². The summed E-state index contributed by atoms with van der Waals surface area (Å²) in [6.45, 7) is 0.112. The minimum absolute atomic E-state index is 0.0458. The van der Waals surface area contributed by atoms with Gasteiger partial charge >= 0.3 is 0 Å². The van der Waals surface area contributed by atoms with Gasteiger partial charge in [-0.25, -0.2) is 8.42 Å². The number of benzene rings is 3. The maximum atomic E-state index is 13.4. The third kappa shape index (κ3) is 4.38. The van der Waals surface area contributed by atoms with E-state index >= 15 is 0 Å². The molecule has 0 aliphatic rings. The number of rotatable bonds is 6. The van der Waals surface area contributed by atoms with Gasteiger partial charge in [-0.3, -0.25) is 4.31 Å². The van der Waals surface area contributed by atoms with Crippen molar-refractivity contribution >= 4 is 38.9 Å². The highest BCUT2D eigenvalue weighted by atomic mass is 35.5. The van der Waals surface area contributed by atoms with E-state index in [1.54, 1.807) is 67.8 Å². The minimum Gasteiger partial charge on any atom is -0.497 e. The molecule has 3 aromatic rings. The topological polar surface area (TPSA) is 46.6 Å². The predicted octanol–water partition coefficient (Wildman–Crippen LogP) is 5.40. The van der Waals surface area contributed by atoms with Gasteiger partial charge in [0.15, 0.2) is 0 Å². The molecule has 0 atom stereocenters. The zero-order valence-electron chi connectivity index (χ0n) is 14.5. The number of halogens is 2. The Hall–Kier alpha value is -2.21.